The molecular weight excluding hydrogens is 382 g/mol. The molecule has 1 fully saturated rings. The first-order valence-corrected chi connectivity index (χ1v) is 10.5. The number of amides is 1. The van der Waals surface area contributed by atoms with Crippen LogP contribution >= 0.6 is 0 Å². The van der Waals surface area contributed by atoms with Crippen molar-refractivity contribution < 1.29 is 23.7 Å². The highest BCUT2D eigenvalue weighted by Crippen LogP contribution is 2.38. The second-order valence-corrected chi connectivity index (χ2v) is 7.80. The van der Waals surface area contributed by atoms with Crippen LogP contribution in [-0.4, -0.2) is 50.9 Å². The third-order valence-electron chi connectivity index (χ3n) is 6.01. The molecule has 2 aliphatic rings. The van der Waals surface area contributed by atoms with Gasteiger partial charge in [0.1, 0.15) is 12.4 Å². The van der Waals surface area contributed by atoms with Crippen molar-refractivity contribution in [1.82, 2.24) is 4.90 Å². The van der Waals surface area contributed by atoms with Gasteiger partial charge in [-0.05, 0) is 73.7 Å². The number of fused-ring (bicyclic) bond motifs is 1. The maximum atomic E-state index is 13.2. The maximum Gasteiger partial charge on any atom is 0.254 e. The molecule has 0 radical (unpaired) electrons. The van der Waals surface area contributed by atoms with Gasteiger partial charge < -0.3 is 23.8 Å². The van der Waals surface area contributed by atoms with Gasteiger partial charge in [-0.25, -0.2) is 0 Å². The molecule has 2 aromatic rings. The second-order valence-electron chi connectivity index (χ2n) is 7.80. The topological polar surface area (TPSA) is 57.2 Å². The number of carbonyl (C=O) groups is 1. The van der Waals surface area contributed by atoms with Gasteiger partial charge in [-0.1, -0.05) is 0 Å². The van der Waals surface area contributed by atoms with E-state index in [0.29, 0.717) is 24.5 Å². The van der Waals surface area contributed by atoms with Crippen LogP contribution in [0.25, 0.3) is 0 Å². The average molecular weight is 411 g/mol. The highest BCUT2D eigenvalue weighted by atomic mass is 16.5. The van der Waals surface area contributed by atoms with Crippen LogP contribution in [0.15, 0.2) is 36.4 Å². The molecule has 2 atom stereocenters. The Kier molecular flexibility index (Phi) is 6.13. The smallest absolute Gasteiger partial charge is 0.254 e. The van der Waals surface area contributed by atoms with Gasteiger partial charge in [0.05, 0.1) is 26.4 Å². The molecule has 2 aromatic carbocycles. The lowest BCUT2D eigenvalue weighted by atomic mass is 9.92. The van der Waals surface area contributed by atoms with E-state index in [4.69, 9.17) is 18.9 Å². The monoisotopic (exact) mass is 411 g/mol. The standard InChI is InChI=1S/C24H29NO5/c1-16-21-14-23(28-3)22(27-2)13-18(21)10-11-25(16)24(26)17-6-8-19(9-7-17)30-15-20-5-4-12-29-20/h6-9,13-14,16,20H,4-5,10-12,15H2,1-3H3/t16-,20-/m1/s1. The molecule has 2 aliphatic heterocycles. The Balaban J connectivity index is 1.45. The summed E-state index contributed by atoms with van der Waals surface area (Å²) in [6, 6.07) is 11.4. The maximum absolute atomic E-state index is 13.2. The van der Waals surface area contributed by atoms with E-state index in [1.165, 1.54) is 5.56 Å². The van der Waals surface area contributed by atoms with Crippen LogP contribution in [0.2, 0.25) is 0 Å². The summed E-state index contributed by atoms with van der Waals surface area (Å²) in [6.07, 6.45) is 3.10. The van der Waals surface area contributed by atoms with Gasteiger partial charge in [0, 0.05) is 18.7 Å². The van der Waals surface area contributed by atoms with E-state index in [2.05, 4.69) is 6.92 Å². The number of hydrogen-bond acceptors (Lipinski definition) is 5. The van der Waals surface area contributed by atoms with Gasteiger partial charge in [-0.2, -0.15) is 0 Å². The van der Waals surface area contributed by atoms with Gasteiger partial charge in [-0.3, -0.25) is 4.79 Å². The number of rotatable bonds is 6. The molecule has 30 heavy (non-hydrogen) atoms. The summed E-state index contributed by atoms with van der Waals surface area (Å²) in [5, 5.41) is 0. The number of methoxy groups -OCH3 is 2. The van der Waals surface area contributed by atoms with Crippen molar-refractivity contribution in [2.45, 2.75) is 38.3 Å². The molecule has 6 nitrogen and oxygen atoms in total. The molecule has 0 N–H and O–H groups in total. The molecule has 0 unspecified atom stereocenters. The van der Waals surface area contributed by atoms with Gasteiger partial charge in [0.15, 0.2) is 11.5 Å². The normalized spacial score (nSPS) is 20.6. The Hall–Kier alpha value is -2.73. The summed E-state index contributed by atoms with van der Waals surface area (Å²) in [5.41, 5.74) is 2.96. The number of hydrogen-bond donors (Lipinski definition) is 0. The van der Waals surface area contributed by atoms with Crippen LogP contribution in [0.4, 0.5) is 0 Å². The lowest BCUT2D eigenvalue weighted by molar-refractivity contribution is 0.0669. The van der Waals surface area contributed by atoms with Crippen molar-refractivity contribution in [2.75, 3.05) is 34.0 Å². The Morgan fingerprint density at radius 1 is 1.13 bits per heavy atom. The first kappa shape index (κ1) is 20.5. The molecule has 1 saturated heterocycles. The third kappa shape index (κ3) is 4.10. The van der Waals surface area contributed by atoms with Gasteiger partial charge in [0.25, 0.3) is 5.91 Å². The average Bonchev–Trinajstić information content (AvgIpc) is 3.31. The number of benzene rings is 2. The summed E-state index contributed by atoms with van der Waals surface area (Å²) in [5.74, 6) is 2.19. The van der Waals surface area contributed by atoms with Crippen LogP contribution in [0.1, 0.15) is 47.3 Å². The Morgan fingerprint density at radius 2 is 1.87 bits per heavy atom. The molecular formula is C24H29NO5. The molecule has 6 heteroatoms. The zero-order valence-corrected chi connectivity index (χ0v) is 17.8. The molecule has 4 rings (SSSR count). The fourth-order valence-corrected chi connectivity index (χ4v) is 4.25. The van der Waals surface area contributed by atoms with E-state index in [-0.39, 0.29) is 18.1 Å². The van der Waals surface area contributed by atoms with Crippen molar-refractivity contribution in [3.8, 4) is 17.2 Å². The molecule has 1 amide bonds. The van der Waals surface area contributed by atoms with E-state index in [1.807, 2.05) is 41.3 Å². The number of ether oxygens (including phenoxy) is 4. The molecule has 2 heterocycles. The molecule has 160 valence electrons. The largest absolute Gasteiger partial charge is 0.493 e. The van der Waals surface area contributed by atoms with Gasteiger partial charge in [0.2, 0.25) is 0 Å². The summed E-state index contributed by atoms with van der Waals surface area (Å²) in [7, 11) is 3.27. The van der Waals surface area contributed by atoms with E-state index >= 15 is 0 Å². The Morgan fingerprint density at radius 3 is 2.53 bits per heavy atom. The van der Waals surface area contributed by atoms with E-state index in [1.54, 1.807) is 14.2 Å². The van der Waals surface area contributed by atoms with Crippen molar-refractivity contribution in [3.05, 3.63) is 53.1 Å². The van der Waals surface area contributed by atoms with E-state index < -0.39 is 0 Å². The summed E-state index contributed by atoms with van der Waals surface area (Å²) < 4.78 is 22.3. The zero-order chi connectivity index (χ0) is 21.1. The molecule has 0 aliphatic carbocycles. The fraction of sp³-hybridized carbons (Fsp3) is 0.458. The predicted molar refractivity (Wildman–Crippen MR) is 114 cm³/mol. The van der Waals surface area contributed by atoms with Crippen LogP contribution in [0.3, 0.4) is 0 Å². The fourth-order valence-electron chi connectivity index (χ4n) is 4.25. The highest BCUT2D eigenvalue weighted by molar-refractivity contribution is 5.94. The van der Waals surface area contributed by atoms with Gasteiger partial charge >= 0.3 is 0 Å². The SMILES string of the molecule is COc1cc2c(cc1OC)[C@@H](C)N(C(=O)c1ccc(OC[C@H]3CCCO3)cc1)CC2. The number of nitrogens with zero attached hydrogens (tertiary/aromatic N) is 1. The summed E-state index contributed by atoms with van der Waals surface area (Å²) in [4.78, 5) is 15.1. The van der Waals surface area contributed by atoms with Crippen LogP contribution in [-0.2, 0) is 11.2 Å². The molecule has 0 spiro atoms. The molecule has 0 saturated carbocycles. The molecule has 0 bridgehead atoms. The van der Waals surface area contributed by atoms with Crippen LogP contribution < -0.4 is 14.2 Å². The summed E-state index contributed by atoms with van der Waals surface area (Å²) in [6.45, 7) is 4.09. The summed E-state index contributed by atoms with van der Waals surface area (Å²) >= 11 is 0. The van der Waals surface area contributed by atoms with Crippen molar-refractivity contribution in [3.63, 3.8) is 0 Å². The molecule has 0 aromatic heterocycles. The van der Waals surface area contributed by atoms with Gasteiger partial charge in [-0.15, -0.1) is 0 Å². The quantitative estimate of drug-likeness (QED) is 0.719. The predicted octanol–water partition coefficient (Wildman–Crippen LogP) is 4.02. The van der Waals surface area contributed by atoms with Crippen molar-refractivity contribution in [2.24, 2.45) is 0 Å². The lowest BCUT2D eigenvalue weighted by Crippen LogP contribution is -2.38. The minimum atomic E-state index is -0.0449. The Labute approximate surface area is 177 Å². The van der Waals surface area contributed by atoms with E-state index in [9.17, 15) is 4.79 Å². The first-order chi connectivity index (χ1) is 14.6. The van der Waals surface area contributed by atoms with Crippen LogP contribution in [0.5, 0.6) is 17.2 Å². The highest BCUT2D eigenvalue weighted by Gasteiger charge is 2.29. The zero-order valence-electron chi connectivity index (χ0n) is 17.8. The van der Waals surface area contributed by atoms with Crippen molar-refractivity contribution >= 4 is 5.91 Å². The lowest BCUT2D eigenvalue weighted by Gasteiger charge is -2.36. The Bertz CT molecular complexity index is 889. The van der Waals surface area contributed by atoms with Crippen LogP contribution in [0, 0.1) is 0 Å². The third-order valence-corrected chi connectivity index (χ3v) is 6.01. The minimum absolute atomic E-state index is 0.0219. The first-order valence-electron chi connectivity index (χ1n) is 10.5. The van der Waals surface area contributed by atoms with Crippen molar-refractivity contribution in [1.29, 1.82) is 0 Å². The minimum Gasteiger partial charge on any atom is -0.493 e. The number of carbonyl (C=O) groups excluding carboxylic acids is 1. The second kappa shape index (κ2) is 8.96. The van der Waals surface area contributed by atoms with E-state index in [0.717, 1.165) is 42.9 Å².